The molecule has 3 N–H and O–H groups in total. The van der Waals surface area contributed by atoms with E-state index in [1.807, 2.05) is 0 Å². The van der Waals surface area contributed by atoms with E-state index in [0.717, 1.165) is 51.4 Å². The molecule has 0 aromatic heterocycles. The zero-order valence-corrected chi connectivity index (χ0v) is 39.1. The molecule has 0 aromatic rings. The van der Waals surface area contributed by atoms with Crippen molar-refractivity contribution < 1.29 is 37.6 Å². The maximum atomic E-state index is 12.6. The highest BCUT2D eigenvalue weighted by Crippen LogP contribution is 2.43. The minimum Gasteiger partial charge on any atom is -0.462 e. The molecule has 346 valence electrons. The molecule has 2 atom stereocenters. The molecule has 0 rings (SSSR count). The lowest BCUT2D eigenvalue weighted by molar-refractivity contribution is -0.161. The Hall–Kier alpha value is -1.77. The SMILES string of the molecule is CCCCC/C=C\C/C=C\CCCCCCCCCCCC(=O)OC[C@H](COP(=O)(O)OCCN)OC(=O)CCCCCCCCC/C=C\CCCCCCCCCC. The molecule has 1 unspecified atom stereocenters. The second-order valence-electron chi connectivity index (χ2n) is 16.3. The van der Waals surface area contributed by atoms with Crippen LogP contribution in [0.3, 0.4) is 0 Å². The van der Waals surface area contributed by atoms with Crippen LogP contribution in [0.15, 0.2) is 36.5 Å². The largest absolute Gasteiger partial charge is 0.472 e. The minimum absolute atomic E-state index is 0.0522. The molecule has 0 aliphatic carbocycles. The van der Waals surface area contributed by atoms with Gasteiger partial charge in [0.05, 0.1) is 13.2 Å². The van der Waals surface area contributed by atoms with E-state index in [0.29, 0.717) is 6.42 Å². The van der Waals surface area contributed by atoms with Crippen LogP contribution in [0.1, 0.15) is 232 Å². The Bertz CT molecular complexity index is 1060. The van der Waals surface area contributed by atoms with Crippen LogP contribution in [0.25, 0.3) is 0 Å². The van der Waals surface area contributed by atoms with E-state index >= 15 is 0 Å². The lowest BCUT2D eigenvalue weighted by atomic mass is 10.1. The number of phosphoric acid groups is 1. The number of allylic oxidation sites excluding steroid dienone is 6. The Kier molecular flexibility index (Phi) is 44.4. The standard InChI is InChI=1S/C49H92NO8P/c1-3-5-7-9-11-13-15-17-19-21-23-25-27-29-31-33-35-37-39-41-48(51)55-45-47(46-57-59(53,54)56-44-43-50)58-49(52)42-40-38-36-34-32-30-28-26-24-22-20-18-16-14-12-10-8-6-4-2/h11,13,17,19,22,24,47H,3-10,12,14-16,18,20-21,23,25-46,50H2,1-2H3,(H,53,54)/b13-11-,19-17-,24-22-/t47-/m1/s1. The van der Waals surface area contributed by atoms with Crippen molar-refractivity contribution in [3.05, 3.63) is 36.5 Å². The number of carbonyl (C=O) groups is 2. The van der Waals surface area contributed by atoms with Crippen LogP contribution in [0, 0.1) is 0 Å². The fourth-order valence-corrected chi connectivity index (χ4v) is 7.60. The number of carbonyl (C=O) groups excluding carboxylic acids is 2. The Morgan fingerprint density at radius 3 is 1.34 bits per heavy atom. The molecule has 0 aliphatic rings. The number of hydrogen-bond donors (Lipinski definition) is 2. The Labute approximate surface area is 363 Å². The number of esters is 2. The summed E-state index contributed by atoms with van der Waals surface area (Å²) in [4.78, 5) is 35.0. The number of nitrogens with two attached hydrogens (primary N) is 1. The summed E-state index contributed by atoms with van der Waals surface area (Å²) in [5.41, 5.74) is 5.36. The average Bonchev–Trinajstić information content (AvgIpc) is 3.22. The van der Waals surface area contributed by atoms with E-state index in [9.17, 15) is 19.0 Å². The molecule has 0 aromatic carbocycles. The summed E-state index contributed by atoms with van der Waals surface area (Å²) in [6, 6.07) is 0. The van der Waals surface area contributed by atoms with E-state index in [2.05, 4.69) is 50.3 Å². The van der Waals surface area contributed by atoms with Crippen LogP contribution in [-0.2, 0) is 32.7 Å². The van der Waals surface area contributed by atoms with Gasteiger partial charge in [0.15, 0.2) is 6.10 Å². The number of hydrogen-bond acceptors (Lipinski definition) is 8. The smallest absolute Gasteiger partial charge is 0.462 e. The van der Waals surface area contributed by atoms with Gasteiger partial charge in [0, 0.05) is 19.4 Å². The maximum Gasteiger partial charge on any atom is 0.472 e. The van der Waals surface area contributed by atoms with Gasteiger partial charge >= 0.3 is 19.8 Å². The predicted molar refractivity (Wildman–Crippen MR) is 247 cm³/mol. The molecule has 0 fully saturated rings. The first-order valence-corrected chi connectivity index (χ1v) is 26.0. The van der Waals surface area contributed by atoms with Crippen molar-refractivity contribution in [1.82, 2.24) is 0 Å². The summed E-state index contributed by atoms with van der Waals surface area (Å²) < 4.78 is 32.9. The van der Waals surface area contributed by atoms with Crippen LogP contribution in [0.2, 0.25) is 0 Å². The second-order valence-corrected chi connectivity index (χ2v) is 17.8. The first-order chi connectivity index (χ1) is 28.8. The first kappa shape index (κ1) is 57.2. The van der Waals surface area contributed by atoms with Gasteiger partial charge in [0.2, 0.25) is 0 Å². The zero-order valence-electron chi connectivity index (χ0n) is 38.2. The van der Waals surface area contributed by atoms with E-state index in [-0.39, 0.29) is 38.6 Å². The monoisotopic (exact) mass is 854 g/mol. The molecule has 59 heavy (non-hydrogen) atoms. The van der Waals surface area contributed by atoms with Crippen molar-refractivity contribution in [3.63, 3.8) is 0 Å². The van der Waals surface area contributed by atoms with Crippen molar-refractivity contribution in [3.8, 4) is 0 Å². The van der Waals surface area contributed by atoms with E-state index in [4.69, 9.17) is 24.3 Å². The molecule has 0 bridgehead atoms. The molecule has 9 nitrogen and oxygen atoms in total. The molecular weight excluding hydrogens is 762 g/mol. The summed E-state index contributed by atoms with van der Waals surface area (Å²) >= 11 is 0. The van der Waals surface area contributed by atoms with Crippen molar-refractivity contribution in [2.75, 3.05) is 26.4 Å². The van der Waals surface area contributed by atoms with Gasteiger partial charge in [-0.2, -0.15) is 0 Å². The third-order valence-electron chi connectivity index (χ3n) is 10.5. The van der Waals surface area contributed by atoms with Gasteiger partial charge in [-0.05, 0) is 70.6 Å². The van der Waals surface area contributed by atoms with Crippen molar-refractivity contribution >= 4 is 19.8 Å². The highest BCUT2D eigenvalue weighted by Gasteiger charge is 2.26. The van der Waals surface area contributed by atoms with E-state index < -0.39 is 26.5 Å². The highest BCUT2D eigenvalue weighted by molar-refractivity contribution is 7.47. The lowest BCUT2D eigenvalue weighted by Gasteiger charge is -2.19. The zero-order chi connectivity index (χ0) is 43.2. The van der Waals surface area contributed by atoms with Gasteiger partial charge < -0.3 is 20.1 Å². The first-order valence-electron chi connectivity index (χ1n) is 24.5. The normalized spacial score (nSPS) is 13.5. The Balaban J connectivity index is 4.08. The lowest BCUT2D eigenvalue weighted by Crippen LogP contribution is -2.29. The predicted octanol–water partition coefficient (Wildman–Crippen LogP) is 14.5. The van der Waals surface area contributed by atoms with Gasteiger partial charge in [0.1, 0.15) is 6.61 Å². The Morgan fingerprint density at radius 1 is 0.508 bits per heavy atom. The minimum atomic E-state index is -4.38. The van der Waals surface area contributed by atoms with Gasteiger partial charge in [-0.3, -0.25) is 18.6 Å². The van der Waals surface area contributed by atoms with Gasteiger partial charge in [-0.25, -0.2) is 4.57 Å². The van der Waals surface area contributed by atoms with Crippen LogP contribution in [-0.4, -0.2) is 49.3 Å². The molecule has 0 aliphatic heterocycles. The summed E-state index contributed by atoms with van der Waals surface area (Å²) in [5, 5.41) is 0. The summed E-state index contributed by atoms with van der Waals surface area (Å²) in [6.45, 7) is 3.73. The highest BCUT2D eigenvalue weighted by atomic mass is 31.2. The third-order valence-corrected chi connectivity index (χ3v) is 11.5. The number of rotatable bonds is 46. The molecule has 0 amide bonds. The van der Waals surface area contributed by atoms with Crippen molar-refractivity contribution in [2.45, 2.75) is 238 Å². The average molecular weight is 854 g/mol. The fourth-order valence-electron chi connectivity index (χ4n) is 6.84. The molecule has 10 heteroatoms. The molecule has 0 saturated carbocycles. The van der Waals surface area contributed by atoms with Crippen LogP contribution < -0.4 is 5.73 Å². The van der Waals surface area contributed by atoms with E-state index in [1.54, 1.807) is 0 Å². The Morgan fingerprint density at radius 2 is 0.881 bits per heavy atom. The summed E-state index contributed by atoms with van der Waals surface area (Å²) in [7, 11) is -4.38. The van der Waals surface area contributed by atoms with Crippen LogP contribution in [0.5, 0.6) is 0 Å². The maximum absolute atomic E-state index is 12.6. The van der Waals surface area contributed by atoms with Crippen LogP contribution in [0.4, 0.5) is 0 Å². The van der Waals surface area contributed by atoms with Crippen LogP contribution >= 0.6 is 7.82 Å². The van der Waals surface area contributed by atoms with E-state index in [1.165, 1.54) is 148 Å². The summed E-state index contributed by atoms with van der Waals surface area (Å²) in [6.07, 6.45) is 51.7. The fraction of sp³-hybridized carbons (Fsp3) is 0.837. The van der Waals surface area contributed by atoms with Gasteiger partial charge in [-0.15, -0.1) is 0 Å². The quantitative estimate of drug-likeness (QED) is 0.0265. The van der Waals surface area contributed by atoms with Gasteiger partial charge in [0.25, 0.3) is 0 Å². The molecular formula is C49H92NO8P. The molecule has 0 saturated heterocycles. The second kappa shape index (κ2) is 45.7. The molecule has 0 heterocycles. The molecule has 0 spiro atoms. The van der Waals surface area contributed by atoms with Crippen molar-refractivity contribution in [2.24, 2.45) is 5.73 Å². The third kappa shape index (κ3) is 45.6. The van der Waals surface area contributed by atoms with Crippen molar-refractivity contribution in [1.29, 1.82) is 0 Å². The number of phosphoric ester groups is 1. The number of ether oxygens (including phenoxy) is 2. The summed E-state index contributed by atoms with van der Waals surface area (Å²) in [5.74, 6) is -0.832. The van der Waals surface area contributed by atoms with Gasteiger partial charge in [-0.1, -0.05) is 185 Å². The molecule has 0 radical (unpaired) electrons. The topological polar surface area (TPSA) is 134 Å². The number of unbranched alkanes of at least 4 members (excludes halogenated alkanes) is 27.